The third-order valence-corrected chi connectivity index (χ3v) is 3.45. The van der Waals surface area contributed by atoms with Crippen LogP contribution < -0.4 is 10.6 Å². The van der Waals surface area contributed by atoms with Crippen LogP contribution in [0.2, 0.25) is 0 Å². The Morgan fingerprint density at radius 1 is 1.12 bits per heavy atom. The highest BCUT2D eigenvalue weighted by Gasteiger charge is 2.30. The van der Waals surface area contributed by atoms with Crippen LogP contribution >= 0.6 is 0 Å². The summed E-state index contributed by atoms with van der Waals surface area (Å²) in [5.41, 5.74) is 1.70. The SMILES string of the molecule is Cc1ccc(C)c(C(=O)NCCNc2ccc(C(F)(F)F)cn2)c1. The second-order valence-electron chi connectivity index (χ2n) is 5.43. The predicted molar refractivity (Wildman–Crippen MR) is 86.0 cm³/mol. The zero-order valence-electron chi connectivity index (χ0n) is 13.4. The Bertz CT molecular complexity index is 712. The molecule has 0 bridgehead atoms. The molecule has 24 heavy (non-hydrogen) atoms. The van der Waals surface area contributed by atoms with Gasteiger partial charge in [-0.25, -0.2) is 4.98 Å². The first-order valence-electron chi connectivity index (χ1n) is 7.40. The zero-order valence-corrected chi connectivity index (χ0v) is 13.4. The number of nitrogens with zero attached hydrogens (tertiary/aromatic N) is 1. The maximum Gasteiger partial charge on any atom is 0.417 e. The molecule has 2 rings (SSSR count). The smallest absolute Gasteiger partial charge is 0.368 e. The zero-order chi connectivity index (χ0) is 17.7. The minimum absolute atomic E-state index is 0.182. The van der Waals surface area contributed by atoms with Gasteiger partial charge >= 0.3 is 6.18 Å². The number of aromatic nitrogens is 1. The van der Waals surface area contributed by atoms with Gasteiger partial charge in [0.05, 0.1) is 5.56 Å². The van der Waals surface area contributed by atoms with Crippen molar-refractivity contribution in [2.45, 2.75) is 20.0 Å². The van der Waals surface area contributed by atoms with Crippen LogP contribution in [0.1, 0.15) is 27.0 Å². The lowest BCUT2D eigenvalue weighted by atomic mass is 10.1. The van der Waals surface area contributed by atoms with E-state index in [1.165, 1.54) is 6.07 Å². The van der Waals surface area contributed by atoms with Crippen LogP contribution in [0.5, 0.6) is 0 Å². The first-order valence-corrected chi connectivity index (χ1v) is 7.40. The van der Waals surface area contributed by atoms with Gasteiger partial charge in [0.15, 0.2) is 0 Å². The number of rotatable bonds is 5. The average Bonchev–Trinajstić information content (AvgIpc) is 2.53. The van der Waals surface area contributed by atoms with Crippen molar-refractivity contribution in [2.75, 3.05) is 18.4 Å². The van der Waals surface area contributed by atoms with Crippen molar-refractivity contribution in [1.29, 1.82) is 0 Å². The molecular weight excluding hydrogens is 319 g/mol. The standard InChI is InChI=1S/C17H18F3N3O/c1-11-3-4-12(2)14(9-11)16(24)22-8-7-21-15-6-5-13(10-23-15)17(18,19)20/h3-6,9-10H,7-8H2,1-2H3,(H,21,23)(H,22,24). The molecule has 0 fully saturated rings. The van der Waals surface area contributed by atoms with Crippen LogP contribution in [0, 0.1) is 13.8 Å². The summed E-state index contributed by atoms with van der Waals surface area (Å²) in [5, 5.41) is 5.63. The van der Waals surface area contributed by atoms with Crippen LogP contribution in [0.3, 0.4) is 0 Å². The molecule has 128 valence electrons. The molecule has 1 aromatic carbocycles. The van der Waals surface area contributed by atoms with E-state index in [0.717, 1.165) is 23.4 Å². The monoisotopic (exact) mass is 337 g/mol. The van der Waals surface area contributed by atoms with Gasteiger partial charge in [-0.1, -0.05) is 17.7 Å². The van der Waals surface area contributed by atoms with Crippen LogP contribution in [-0.4, -0.2) is 24.0 Å². The van der Waals surface area contributed by atoms with Gasteiger partial charge in [0.25, 0.3) is 5.91 Å². The van der Waals surface area contributed by atoms with E-state index in [1.54, 1.807) is 0 Å². The van der Waals surface area contributed by atoms with Gasteiger partial charge in [-0.3, -0.25) is 4.79 Å². The number of nitrogens with one attached hydrogen (secondary N) is 2. The summed E-state index contributed by atoms with van der Waals surface area (Å²) >= 11 is 0. The number of carbonyl (C=O) groups excluding carboxylic acids is 1. The molecule has 0 atom stereocenters. The highest BCUT2D eigenvalue weighted by atomic mass is 19.4. The van der Waals surface area contributed by atoms with E-state index in [1.807, 2.05) is 32.0 Å². The summed E-state index contributed by atoms with van der Waals surface area (Å²) in [6.45, 7) is 4.46. The van der Waals surface area contributed by atoms with Gasteiger partial charge in [-0.2, -0.15) is 13.2 Å². The van der Waals surface area contributed by atoms with Crippen molar-refractivity contribution in [2.24, 2.45) is 0 Å². The first-order chi connectivity index (χ1) is 11.3. The van der Waals surface area contributed by atoms with Gasteiger partial charge in [0, 0.05) is 24.8 Å². The summed E-state index contributed by atoms with van der Waals surface area (Å²) < 4.78 is 37.3. The summed E-state index contributed by atoms with van der Waals surface area (Å²) in [5.74, 6) is 0.141. The molecule has 1 heterocycles. The molecule has 1 aromatic heterocycles. The quantitative estimate of drug-likeness (QED) is 0.820. The number of hydrogen-bond acceptors (Lipinski definition) is 3. The van der Waals surface area contributed by atoms with E-state index in [-0.39, 0.29) is 5.91 Å². The average molecular weight is 337 g/mol. The van der Waals surface area contributed by atoms with Gasteiger partial charge in [-0.15, -0.1) is 0 Å². The molecule has 7 heteroatoms. The van der Waals surface area contributed by atoms with Crippen LogP contribution in [0.4, 0.5) is 19.0 Å². The number of carbonyl (C=O) groups is 1. The van der Waals surface area contributed by atoms with Crippen molar-refractivity contribution in [1.82, 2.24) is 10.3 Å². The number of hydrogen-bond donors (Lipinski definition) is 2. The third kappa shape index (κ3) is 4.71. The summed E-state index contributed by atoms with van der Waals surface area (Å²) in [7, 11) is 0. The van der Waals surface area contributed by atoms with Crippen molar-refractivity contribution in [3.05, 3.63) is 58.8 Å². The van der Waals surface area contributed by atoms with Gasteiger partial charge in [0.2, 0.25) is 0 Å². The molecule has 0 unspecified atom stereocenters. The van der Waals surface area contributed by atoms with Crippen molar-refractivity contribution < 1.29 is 18.0 Å². The molecule has 2 aromatic rings. The molecule has 0 aliphatic heterocycles. The summed E-state index contributed by atoms with van der Waals surface area (Å²) in [4.78, 5) is 15.8. The van der Waals surface area contributed by atoms with E-state index in [2.05, 4.69) is 15.6 Å². The summed E-state index contributed by atoms with van der Waals surface area (Å²) in [6.07, 6.45) is -3.62. The van der Waals surface area contributed by atoms with Crippen molar-refractivity contribution in [3.63, 3.8) is 0 Å². The first kappa shape index (κ1) is 17.8. The fourth-order valence-corrected chi connectivity index (χ4v) is 2.11. The minimum atomic E-state index is -4.40. The topological polar surface area (TPSA) is 54.0 Å². The largest absolute Gasteiger partial charge is 0.417 e. The molecule has 0 aliphatic carbocycles. The molecular formula is C17H18F3N3O. The third-order valence-electron chi connectivity index (χ3n) is 3.45. The maximum atomic E-state index is 12.4. The normalized spacial score (nSPS) is 11.2. The Hall–Kier alpha value is -2.57. The number of benzene rings is 1. The highest BCUT2D eigenvalue weighted by molar-refractivity contribution is 5.95. The number of aryl methyl sites for hydroxylation is 2. The van der Waals surface area contributed by atoms with Crippen molar-refractivity contribution >= 4 is 11.7 Å². The van der Waals surface area contributed by atoms with E-state index < -0.39 is 11.7 Å². The maximum absolute atomic E-state index is 12.4. The lowest BCUT2D eigenvalue weighted by Crippen LogP contribution is -2.29. The fourth-order valence-electron chi connectivity index (χ4n) is 2.11. The van der Waals surface area contributed by atoms with E-state index in [9.17, 15) is 18.0 Å². The predicted octanol–water partition coefficient (Wildman–Crippen LogP) is 3.56. The lowest BCUT2D eigenvalue weighted by molar-refractivity contribution is -0.137. The second kappa shape index (κ2) is 7.33. The number of halogens is 3. The Morgan fingerprint density at radius 2 is 1.88 bits per heavy atom. The highest BCUT2D eigenvalue weighted by Crippen LogP contribution is 2.28. The number of anilines is 1. The summed E-state index contributed by atoms with van der Waals surface area (Å²) in [6, 6.07) is 7.85. The van der Waals surface area contributed by atoms with Crippen LogP contribution in [0.15, 0.2) is 36.5 Å². The minimum Gasteiger partial charge on any atom is -0.368 e. The fraction of sp³-hybridized carbons (Fsp3) is 0.294. The lowest BCUT2D eigenvalue weighted by Gasteiger charge is -2.10. The molecule has 0 aliphatic rings. The van der Waals surface area contributed by atoms with Gasteiger partial charge in [0.1, 0.15) is 5.82 Å². The molecule has 0 saturated heterocycles. The molecule has 0 spiro atoms. The Balaban J connectivity index is 1.82. The molecule has 0 radical (unpaired) electrons. The Labute approximate surface area is 138 Å². The second-order valence-corrected chi connectivity index (χ2v) is 5.43. The van der Waals surface area contributed by atoms with E-state index in [4.69, 9.17) is 0 Å². The van der Waals surface area contributed by atoms with Gasteiger partial charge < -0.3 is 10.6 Å². The molecule has 4 nitrogen and oxygen atoms in total. The molecule has 1 amide bonds. The molecule has 2 N–H and O–H groups in total. The van der Waals surface area contributed by atoms with E-state index in [0.29, 0.717) is 24.5 Å². The van der Waals surface area contributed by atoms with Crippen LogP contribution in [0.25, 0.3) is 0 Å². The van der Waals surface area contributed by atoms with E-state index >= 15 is 0 Å². The molecule has 0 saturated carbocycles. The number of alkyl halides is 3. The Morgan fingerprint density at radius 3 is 2.50 bits per heavy atom. The number of amides is 1. The Kier molecular flexibility index (Phi) is 5.43. The van der Waals surface area contributed by atoms with Crippen LogP contribution in [-0.2, 0) is 6.18 Å². The van der Waals surface area contributed by atoms with Crippen molar-refractivity contribution in [3.8, 4) is 0 Å². The number of pyridine rings is 1. The van der Waals surface area contributed by atoms with Gasteiger partial charge in [-0.05, 0) is 37.6 Å².